The second-order valence-corrected chi connectivity index (χ2v) is 3.02. The summed E-state index contributed by atoms with van der Waals surface area (Å²) in [6, 6.07) is 0. The molecule has 0 bridgehead atoms. The first-order valence-corrected chi connectivity index (χ1v) is 4.15. The summed E-state index contributed by atoms with van der Waals surface area (Å²) in [5.74, 6) is -0.0376. The Balaban J connectivity index is 3.00. The smallest absolute Gasteiger partial charge is 0.187 e. The van der Waals surface area contributed by atoms with Gasteiger partial charge in [0.1, 0.15) is 5.69 Å². The molecule has 0 unspecified atom stereocenters. The fourth-order valence-electron chi connectivity index (χ4n) is 0.855. The van der Waals surface area contributed by atoms with Crippen LogP contribution in [0.1, 0.15) is 16.9 Å². The van der Waals surface area contributed by atoms with Crippen LogP contribution in [0, 0.1) is 0 Å². The standard InChI is InChI=1S/C7H8BrN3O/c1-3-4-5(12)6-7(8)9-10-11(6)2/h3H,1,4H2,2H3. The molecule has 0 aliphatic rings. The highest BCUT2D eigenvalue weighted by molar-refractivity contribution is 9.10. The number of hydrogen-bond acceptors (Lipinski definition) is 3. The number of allylic oxidation sites excluding steroid dienone is 1. The summed E-state index contributed by atoms with van der Waals surface area (Å²) in [6.07, 6.45) is 1.86. The summed E-state index contributed by atoms with van der Waals surface area (Å²) < 4.78 is 1.92. The number of rotatable bonds is 3. The Labute approximate surface area is 78.4 Å². The van der Waals surface area contributed by atoms with Crippen molar-refractivity contribution in [1.29, 1.82) is 0 Å². The molecular weight excluding hydrogens is 222 g/mol. The topological polar surface area (TPSA) is 47.8 Å². The van der Waals surface area contributed by atoms with Gasteiger partial charge in [0.25, 0.3) is 0 Å². The number of ketones is 1. The quantitative estimate of drug-likeness (QED) is 0.581. The van der Waals surface area contributed by atoms with Gasteiger partial charge in [0, 0.05) is 13.5 Å². The van der Waals surface area contributed by atoms with Crippen molar-refractivity contribution < 1.29 is 4.79 Å². The molecule has 0 spiro atoms. The number of Topliss-reactive ketones (excluding diaryl/α,β-unsaturated/α-hetero) is 1. The average Bonchev–Trinajstić information content (AvgIpc) is 2.32. The largest absolute Gasteiger partial charge is 0.292 e. The van der Waals surface area contributed by atoms with Gasteiger partial charge in [-0.3, -0.25) is 4.79 Å². The van der Waals surface area contributed by atoms with Crippen LogP contribution in [0.4, 0.5) is 0 Å². The summed E-state index contributed by atoms with van der Waals surface area (Å²) in [5, 5.41) is 7.38. The number of aromatic nitrogens is 3. The van der Waals surface area contributed by atoms with Crippen molar-refractivity contribution in [3.63, 3.8) is 0 Å². The van der Waals surface area contributed by atoms with Gasteiger partial charge in [-0.2, -0.15) is 0 Å². The third-order valence-electron chi connectivity index (χ3n) is 1.38. The van der Waals surface area contributed by atoms with Crippen molar-refractivity contribution in [3.05, 3.63) is 23.0 Å². The van der Waals surface area contributed by atoms with Gasteiger partial charge in [-0.25, -0.2) is 4.68 Å². The molecule has 0 saturated heterocycles. The van der Waals surface area contributed by atoms with Crippen molar-refractivity contribution in [2.45, 2.75) is 6.42 Å². The third-order valence-corrected chi connectivity index (χ3v) is 1.91. The van der Waals surface area contributed by atoms with Gasteiger partial charge in [-0.05, 0) is 15.9 Å². The third kappa shape index (κ3) is 1.61. The molecule has 0 saturated carbocycles. The van der Waals surface area contributed by atoms with Gasteiger partial charge in [-0.1, -0.05) is 11.3 Å². The van der Waals surface area contributed by atoms with E-state index >= 15 is 0 Å². The van der Waals surface area contributed by atoms with Crippen LogP contribution < -0.4 is 0 Å². The molecule has 1 heterocycles. The van der Waals surface area contributed by atoms with E-state index in [9.17, 15) is 4.79 Å². The van der Waals surface area contributed by atoms with Crippen LogP contribution in [-0.4, -0.2) is 20.8 Å². The van der Waals surface area contributed by atoms with E-state index in [1.165, 1.54) is 4.68 Å². The molecule has 0 N–H and O–H groups in total. The fraction of sp³-hybridized carbons (Fsp3) is 0.286. The van der Waals surface area contributed by atoms with Gasteiger partial charge in [0.2, 0.25) is 0 Å². The first kappa shape index (κ1) is 9.12. The van der Waals surface area contributed by atoms with Gasteiger partial charge < -0.3 is 0 Å². The van der Waals surface area contributed by atoms with Crippen LogP contribution in [0.15, 0.2) is 17.3 Å². The highest BCUT2D eigenvalue weighted by Gasteiger charge is 2.14. The molecule has 1 aromatic rings. The lowest BCUT2D eigenvalue weighted by atomic mass is 10.2. The van der Waals surface area contributed by atoms with Crippen molar-refractivity contribution in [1.82, 2.24) is 15.0 Å². The van der Waals surface area contributed by atoms with Crippen LogP contribution in [0.2, 0.25) is 0 Å². The van der Waals surface area contributed by atoms with E-state index in [2.05, 4.69) is 32.8 Å². The summed E-state index contributed by atoms with van der Waals surface area (Å²) in [4.78, 5) is 11.3. The van der Waals surface area contributed by atoms with E-state index in [1.807, 2.05) is 0 Å². The van der Waals surface area contributed by atoms with Gasteiger partial charge in [0.15, 0.2) is 10.4 Å². The Morgan fingerprint density at radius 3 is 2.92 bits per heavy atom. The van der Waals surface area contributed by atoms with Gasteiger partial charge >= 0.3 is 0 Å². The number of hydrogen-bond donors (Lipinski definition) is 0. The summed E-state index contributed by atoms with van der Waals surface area (Å²) in [6.45, 7) is 3.48. The number of aryl methyl sites for hydroxylation is 1. The first-order valence-electron chi connectivity index (χ1n) is 3.36. The van der Waals surface area contributed by atoms with Crippen LogP contribution in [0.5, 0.6) is 0 Å². The minimum atomic E-state index is -0.0376. The van der Waals surface area contributed by atoms with Crippen LogP contribution >= 0.6 is 15.9 Å². The summed E-state index contributed by atoms with van der Waals surface area (Å²) >= 11 is 3.14. The molecule has 1 aromatic heterocycles. The van der Waals surface area contributed by atoms with Crippen LogP contribution in [0.3, 0.4) is 0 Å². The molecule has 12 heavy (non-hydrogen) atoms. The predicted molar refractivity (Wildman–Crippen MR) is 47.8 cm³/mol. The van der Waals surface area contributed by atoms with E-state index < -0.39 is 0 Å². The van der Waals surface area contributed by atoms with E-state index in [0.717, 1.165) is 0 Å². The number of carbonyl (C=O) groups is 1. The SMILES string of the molecule is C=CCC(=O)c1c(Br)nnn1C. The summed E-state index contributed by atoms with van der Waals surface area (Å²) in [7, 11) is 1.67. The molecular formula is C7H8BrN3O. The second-order valence-electron chi connectivity index (χ2n) is 2.27. The molecule has 0 fully saturated rings. The van der Waals surface area contributed by atoms with Crippen molar-refractivity contribution in [2.75, 3.05) is 0 Å². The monoisotopic (exact) mass is 229 g/mol. The molecule has 0 aliphatic heterocycles. The second kappa shape index (κ2) is 3.62. The Morgan fingerprint density at radius 1 is 1.83 bits per heavy atom. The normalized spacial score (nSPS) is 9.83. The van der Waals surface area contributed by atoms with E-state index in [-0.39, 0.29) is 5.78 Å². The maximum Gasteiger partial charge on any atom is 0.187 e. The van der Waals surface area contributed by atoms with Gasteiger partial charge in [0.05, 0.1) is 0 Å². The predicted octanol–water partition coefficient (Wildman–Crippen LogP) is 1.34. The van der Waals surface area contributed by atoms with Crippen molar-refractivity contribution in [3.8, 4) is 0 Å². The first-order chi connectivity index (χ1) is 5.66. The lowest BCUT2D eigenvalue weighted by molar-refractivity contribution is 0.0986. The number of nitrogens with zero attached hydrogens (tertiary/aromatic N) is 3. The van der Waals surface area contributed by atoms with E-state index in [1.54, 1.807) is 13.1 Å². The fourth-order valence-corrected chi connectivity index (χ4v) is 1.40. The van der Waals surface area contributed by atoms with Crippen molar-refractivity contribution >= 4 is 21.7 Å². The Bertz CT molecular complexity index is 299. The Kier molecular flexibility index (Phi) is 2.75. The average molecular weight is 230 g/mol. The minimum absolute atomic E-state index is 0.0376. The van der Waals surface area contributed by atoms with E-state index in [4.69, 9.17) is 0 Å². The molecule has 4 nitrogen and oxygen atoms in total. The lowest BCUT2D eigenvalue weighted by Gasteiger charge is -1.96. The molecule has 5 heteroatoms. The molecule has 0 aromatic carbocycles. The molecule has 1 rings (SSSR count). The molecule has 0 atom stereocenters. The molecule has 0 amide bonds. The highest BCUT2D eigenvalue weighted by Crippen LogP contribution is 2.13. The number of carbonyl (C=O) groups excluding carboxylic acids is 1. The molecule has 0 radical (unpaired) electrons. The maximum atomic E-state index is 11.3. The zero-order valence-corrected chi connectivity index (χ0v) is 8.21. The Morgan fingerprint density at radius 2 is 2.50 bits per heavy atom. The zero-order valence-electron chi connectivity index (χ0n) is 6.62. The minimum Gasteiger partial charge on any atom is -0.292 e. The van der Waals surface area contributed by atoms with Crippen molar-refractivity contribution in [2.24, 2.45) is 7.05 Å². The zero-order chi connectivity index (χ0) is 9.14. The maximum absolute atomic E-state index is 11.3. The van der Waals surface area contributed by atoms with Gasteiger partial charge in [-0.15, -0.1) is 11.7 Å². The number of halogens is 1. The molecule has 0 aliphatic carbocycles. The highest BCUT2D eigenvalue weighted by atomic mass is 79.9. The Hall–Kier alpha value is -0.970. The van der Waals surface area contributed by atoms with E-state index in [0.29, 0.717) is 16.7 Å². The van der Waals surface area contributed by atoms with Crippen LogP contribution in [-0.2, 0) is 7.05 Å². The van der Waals surface area contributed by atoms with Crippen LogP contribution in [0.25, 0.3) is 0 Å². The lowest BCUT2D eigenvalue weighted by Crippen LogP contribution is -2.06. The molecule has 64 valence electrons. The summed E-state index contributed by atoms with van der Waals surface area (Å²) in [5.41, 5.74) is 0.481.